The van der Waals surface area contributed by atoms with Gasteiger partial charge in [-0.25, -0.2) is 0 Å². The number of anilines is 1. The molecule has 0 aliphatic rings. The number of ketones is 1. The van der Waals surface area contributed by atoms with Crippen LogP contribution in [0.15, 0.2) is 66.3 Å². The second-order valence-corrected chi connectivity index (χ2v) is 7.64. The minimum absolute atomic E-state index is 0.0328. The molecule has 0 saturated carbocycles. The maximum Gasteiger partial charge on any atom is 0.232 e. The summed E-state index contributed by atoms with van der Waals surface area (Å²) < 4.78 is 12.1. The summed E-state index contributed by atoms with van der Waals surface area (Å²) in [6, 6.07) is 14.1. The predicted molar refractivity (Wildman–Crippen MR) is 124 cm³/mol. The maximum atomic E-state index is 12.5. The van der Waals surface area contributed by atoms with Crippen LogP contribution in [-0.4, -0.2) is 46.4 Å². The number of nitrogens with one attached hydrogen (secondary N) is 1. The molecule has 0 aliphatic heterocycles. The number of allylic oxidation sites excluding steroid dienone is 1. The SMILES string of the molecule is C=CCn1c(CC(=O)Nc2cccc(OC)c2)nnc1SCC(=O)c1ccc(OC)cc1. The number of Topliss-reactive ketones (excluding diaryl/α,β-unsaturated/α-hetero) is 1. The molecular formula is C23H24N4O4S. The molecule has 0 spiro atoms. The lowest BCUT2D eigenvalue weighted by molar-refractivity contribution is -0.115. The van der Waals surface area contributed by atoms with Crippen molar-refractivity contribution in [3.8, 4) is 11.5 Å². The number of carbonyl (C=O) groups excluding carboxylic acids is 2. The van der Waals surface area contributed by atoms with E-state index in [9.17, 15) is 9.59 Å². The van der Waals surface area contributed by atoms with Gasteiger partial charge in [-0.3, -0.25) is 9.59 Å². The van der Waals surface area contributed by atoms with Crippen LogP contribution in [-0.2, 0) is 17.8 Å². The molecule has 0 bridgehead atoms. The highest BCUT2D eigenvalue weighted by molar-refractivity contribution is 7.99. The first-order valence-corrected chi connectivity index (χ1v) is 10.8. The van der Waals surface area contributed by atoms with Crippen LogP contribution in [0.2, 0.25) is 0 Å². The molecule has 1 heterocycles. The van der Waals surface area contributed by atoms with E-state index in [0.717, 1.165) is 0 Å². The fourth-order valence-electron chi connectivity index (χ4n) is 2.91. The van der Waals surface area contributed by atoms with E-state index in [-0.39, 0.29) is 23.9 Å². The Morgan fingerprint density at radius 3 is 2.53 bits per heavy atom. The molecule has 1 N–H and O–H groups in total. The third kappa shape index (κ3) is 5.98. The highest BCUT2D eigenvalue weighted by Gasteiger charge is 2.17. The third-order valence-electron chi connectivity index (χ3n) is 4.52. The Kier molecular flexibility index (Phi) is 8.04. The summed E-state index contributed by atoms with van der Waals surface area (Å²) in [5, 5.41) is 11.7. The van der Waals surface area contributed by atoms with Crippen LogP contribution < -0.4 is 14.8 Å². The van der Waals surface area contributed by atoms with Crippen LogP contribution in [0, 0.1) is 0 Å². The second-order valence-electron chi connectivity index (χ2n) is 6.70. The van der Waals surface area contributed by atoms with Crippen LogP contribution in [0.3, 0.4) is 0 Å². The van der Waals surface area contributed by atoms with Crippen molar-refractivity contribution >= 4 is 29.1 Å². The highest BCUT2D eigenvalue weighted by atomic mass is 32.2. The van der Waals surface area contributed by atoms with Crippen molar-refractivity contribution in [1.29, 1.82) is 0 Å². The van der Waals surface area contributed by atoms with E-state index in [1.165, 1.54) is 11.8 Å². The van der Waals surface area contributed by atoms with Crippen molar-refractivity contribution in [2.75, 3.05) is 25.3 Å². The van der Waals surface area contributed by atoms with Crippen molar-refractivity contribution in [1.82, 2.24) is 14.8 Å². The molecule has 2 aromatic carbocycles. The number of benzene rings is 2. The van der Waals surface area contributed by atoms with Gasteiger partial charge in [0.15, 0.2) is 10.9 Å². The van der Waals surface area contributed by atoms with Crippen molar-refractivity contribution in [2.24, 2.45) is 0 Å². The molecular weight excluding hydrogens is 428 g/mol. The zero-order chi connectivity index (χ0) is 22.9. The Labute approximate surface area is 190 Å². The van der Waals surface area contributed by atoms with E-state index in [4.69, 9.17) is 9.47 Å². The van der Waals surface area contributed by atoms with Gasteiger partial charge in [-0.2, -0.15) is 0 Å². The molecule has 0 atom stereocenters. The molecule has 9 heteroatoms. The lowest BCUT2D eigenvalue weighted by Gasteiger charge is -2.09. The smallest absolute Gasteiger partial charge is 0.232 e. The number of carbonyl (C=O) groups is 2. The number of aromatic nitrogens is 3. The summed E-state index contributed by atoms with van der Waals surface area (Å²) >= 11 is 1.27. The minimum atomic E-state index is -0.234. The molecule has 3 rings (SSSR count). The van der Waals surface area contributed by atoms with E-state index < -0.39 is 0 Å². The monoisotopic (exact) mass is 452 g/mol. The summed E-state index contributed by atoms with van der Waals surface area (Å²) in [6.07, 6.45) is 1.73. The number of ether oxygens (including phenoxy) is 2. The van der Waals surface area contributed by atoms with Gasteiger partial charge in [0.05, 0.1) is 26.4 Å². The summed E-state index contributed by atoms with van der Waals surface area (Å²) in [5.74, 6) is 1.75. The second kappa shape index (κ2) is 11.1. The molecule has 166 valence electrons. The Bertz CT molecular complexity index is 1100. The van der Waals surface area contributed by atoms with Crippen LogP contribution in [0.1, 0.15) is 16.2 Å². The van der Waals surface area contributed by atoms with Gasteiger partial charge in [0.2, 0.25) is 5.91 Å². The maximum absolute atomic E-state index is 12.5. The molecule has 3 aromatic rings. The largest absolute Gasteiger partial charge is 0.497 e. The number of rotatable bonds is 11. The Morgan fingerprint density at radius 1 is 1.09 bits per heavy atom. The van der Waals surface area contributed by atoms with Gasteiger partial charge >= 0.3 is 0 Å². The number of hydrogen-bond donors (Lipinski definition) is 1. The summed E-state index contributed by atoms with van der Waals surface area (Å²) in [5.41, 5.74) is 1.22. The van der Waals surface area contributed by atoms with Gasteiger partial charge < -0.3 is 19.4 Å². The van der Waals surface area contributed by atoms with Crippen LogP contribution in [0.25, 0.3) is 0 Å². The lowest BCUT2D eigenvalue weighted by atomic mass is 10.1. The van der Waals surface area contributed by atoms with Crippen molar-refractivity contribution in [2.45, 2.75) is 18.1 Å². The van der Waals surface area contributed by atoms with Gasteiger partial charge in [-0.05, 0) is 36.4 Å². The average Bonchev–Trinajstić information content (AvgIpc) is 3.18. The van der Waals surface area contributed by atoms with Gasteiger partial charge in [0, 0.05) is 23.9 Å². The number of hydrogen-bond acceptors (Lipinski definition) is 7. The van der Waals surface area contributed by atoms with Gasteiger partial charge in [0.25, 0.3) is 0 Å². The number of thioether (sulfide) groups is 1. The zero-order valence-corrected chi connectivity index (χ0v) is 18.7. The molecule has 0 unspecified atom stereocenters. The first-order valence-electron chi connectivity index (χ1n) is 9.81. The minimum Gasteiger partial charge on any atom is -0.497 e. The van der Waals surface area contributed by atoms with E-state index >= 15 is 0 Å². The molecule has 0 aliphatic carbocycles. The van der Waals surface area contributed by atoms with Crippen molar-refractivity contribution in [3.05, 3.63) is 72.6 Å². The molecule has 1 amide bonds. The molecule has 0 radical (unpaired) electrons. The number of amides is 1. The highest BCUT2D eigenvalue weighted by Crippen LogP contribution is 2.21. The van der Waals surface area contributed by atoms with Crippen LogP contribution >= 0.6 is 11.8 Å². The Balaban J connectivity index is 1.65. The number of methoxy groups -OCH3 is 2. The molecule has 0 fully saturated rings. The van der Waals surface area contributed by atoms with Crippen molar-refractivity contribution in [3.63, 3.8) is 0 Å². The fourth-order valence-corrected chi connectivity index (χ4v) is 3.77. The van der Waals surface area contributed by atoms with E-state index in [1.54, 1.807) is 73.4 Å². The van der Waals surface area contributed by atoms with Gasteiger partial charge in [0.1, 0.15) is 17.3 Å². The third-order valence-corrected chi connectivity index (χ3v) is 5.49. The predicted octanol–water partition coefficient (Wildman–Crippen LogP) is 3.64. The first-order chi connectivity index (χ1) is 15.5. The van der Waals surface area contributed by atoms with E-state index in [0.29, 0.717) is 40.3 Å². The lowest BCUT2D eigenvalue weighted by Crippen LogP contribution is -2.18. The van der Waals surface area contributed by atoms with E-state index in [1.807, 2.05) is 0 Å². The normalized spacial score (nSPS) is 10.4. The average molecular weight is 453 g/mol. The number of nitrogens with zero attached hydrogens (tertiary/aromatic N) is 3. The van der Waals surface area contributed by atoms with Crippen LogP contribution in [0.4, 0.5) is 5.69 Å². The van der Waals surface area contributed by atoms with Gasteiger partial charge in [-0.1, -0.05) is 23.9 Å². The van der Waals surface area contributed by atoms with Gasteiger partial charge in [-0.15, -0.1) is 16.8 Å². The summed E-state index contributed by atoms with van der Waals surface area (Å²) in [7, 11) is 3.14. The molecule has 8 nitrogen and oxygen atoms in total. The molecule has 32 heavy (non-hydrogen) atoms. The Morgan fingerprint density at radius 2 is 1.84 bits per heavy atom. The van der Waals surface area contributed by atoms with Crippen molar-refractivity contribution < 1.29 is 19.1 Å². The standard InChI is InChI=1S/C23H24N4O4S/c1-4-12-27-21(14-22(29)24-17-6-5-7-19(13-17)31-3)25-26-23(27)32-15-20(28)16-8-10-18(30-2)11-9-16/h4-11,13H,1,12,14-15H2,2-3H3,(H,24,29). The molecule has 1 aromatic heterocycles. The summed E-state index contributed by atoms with van der Waals surface area (Å²) in [6.45, 7) is 4.19. The topological polar surface area (TPSA) is 95.3 Å². The van der Waals surface area contributed by atoms with E-state index in [2.05, 4.69) is 22.1 Å². The molecule has 0 saturated heterocycles. The fraction of sp³-hybridized carbons (Fsp3) is 0.217. The Hall–Kier alpha value is -3.59. The zero-order valence-electron chi connectivity index (χ0n) is 17.9. The van der Waals surface area contributed by atoms with Crippen LogP contribution in [0.5, 0.6) is 11.5 Å². The first kappa shape index (κ1) is 23.1. The quantitative estimate of drug-likeness (QED) is 0.270. The summed E-state index contributed by atoms with van der Waals surface area (Å²) in [4.78, 5) is 25.0.